The molecular weight excluding hydrogens is 572 g/mol. The third-order valence-electron chi connectivity index (χ3n) is 6.62. The lowest BCUT2D eigenvalue weighted by Gasteiger charge is -2.36. The van der Waals surface area contributed by atoms with E-state index in [1.807, 2.05) is 0 Å². The van der Waals surface area contributed by atoms with E-state index in [1.54, 1.807) is 0 Å². The molecule has 0 unspecified atom stereocenters. The maximum absolute atomic E-state index is 14.8. The Hall–Kier alpha value is -4.46. The number of aromatic carboxylic acids is 1. The highest BCUT2D eigenvalue weighted by Crippen LogP contribution is 2.34. The molecule has 216 valence electrons. The SMILES string of the molecule is COc1cc(F)c(-c2ccc(C(=O)O)cc2)cc1C(=O)N[C@@H]1CC[C@@H]1C(=O)Nc1cccc(S(=O)(=O)C(F)(F)F)c1. The van der Waals surface area contributed by atoms with Crippen molar-refractivity contribution in [3.05, 3.63) is 77.6 Å². The highest BCUT2D eigenvalue weighted by molar-refractivity contribution is 7.92. The Balaban J connectivity index is 1.50. The predicted octanol–water partition coefficient (Wildman–Crippen LogP) is 4.64. The number of carbonyl (C=O) groups is 3. The summed E-state index contributed by atoms with van der Waals surface area (Å²) in [7, 11) is -4.38. The van der Waals surface area contributed by atoms with Crippen LogP contribution in [0.5, 0.6) is 5.75 Å². The molecule has 3 N–H and O–H groups in total. The Bertz CT molecular complexity index is 1620. The normalized spacial score (nSPS) is 16.8. The van der Waals surface area contributed by atoms with Crippen molar-refractivity contribution in [1.82, 2.24) is 5.32 Å². The second-order valence-corrected chi connectivity index (χ2v) is 11.1. The van der Waals surface area contributed by atoms with Crippen LogP contribution in [0.3, 0.4) is 0 Å². The van der Waals surface area contributed by atoms with Gasteiger partial charge in [-0.05, 0) is 54.8 Å². The van der Waals surface area contributed by atoms with Gasteiger partial charge in [0, 0.05) is 23.4 Å². The van der Waals surface area contributed by atoms with Crippen LogP contribution in [0.1, 0.15) is 33.6 Å². The molecule has 0 saturated heterocycles. The first kappa shape index (κ1) is 29.5. The molecule has 0 heterocycles. The van der Waals surface area contributed by atoms with Crippen LogP contribution in [-0.4, -0.2) is 50.0 Å². The molecule has 2 amide bonds. The molecule has 0 radical (unpaired) electrons. The average Bonchev–Trinajstić information content (AvgIpc) is 2.90. The van der Waals surface area contributed by atoms with Crippen LogP contribution in [-0.2, 0) is 14.6 Å². The van der Waals surface area contributed by atoms with E-state index in [2.05, 4.69) is 10.6 Å². The molecule has 0 aromatic heterocycles. The number of amides is 2. The highest BCUT2D eigenvalue weighted by atomic mass is 32.2. The van der Waals surface area contributed by atoms with Gasteiger partial charge < -0.3 is 20.5 Å². The number of hydrogen-bond donors (Lipinski definition) is 3. The van der Waals surface area contributed by atoms with Gasteiger partial charge in [0.05, 0.1) is 29.1 Å². The molecule has 3 aromatic rings. The van der Waals surface area contributed by atoms with E-state index in [9.17, 15) is 40.4 Å². The van der Waals surface area contributed by atoms with Crippen LogP contribution in [0, 0.1) is 11.7 Å². The number of carbonyl (C=O) groups excluding carboxylic acids is 2. The molecule has 3 aromatic carbocycles. The highest BCUT2D eigenvalue weighted by Gasteiger charge is 2.47. The van der Waals surface area contributed by atoms with Crippen LogP contribution in [0.4, 0.5) is 23.2 Å². The molecule has 1 fully saturated rings. The number of sulfone groups is 1. The Kier molecular flexibility index (Phi) is 8.06. The summed E-state index contributed by atoms with van der Waals surface area (Å²) in [5.74, 6) is -4.09. The number of anilines is 1. The van der Waals surface area contributed by atoms with E-state index in [-0.39, 0.29) is 28.1 Å². The molecule has 14 heteroatoms. The zero-order chi connectivity index (χ0) is 30.1. The van der Waals surface area contributed by atoms with Gasteiger partial charge in [-0.25, -0.2) is 17.6 Å². The largest absolute Gasteiger partial charge is 0.501 e. The molecule has 4 rings (SSSR count). The van der Waals surface area contributed by atoms with Crippen LogP contribution in [0.2, 0.25) is 0 Å². The first-order valence-corrected chi connectivity index (χ1v) is 13.5. The number of benzene rings is 3. The fraction of sp³-hybridized carbons (Fsp3) is 0.222. The smallest absolute Gasteiger partial charge is 0.496 e. The summed E-state index contributed by atoms with van der Waals surface area (Å²) in [5, 5.41) is 14.1. The molecule has 0 aliphatic heterocycles. The van der Waals surface area contributed by atoms with Crippen molar-refractivity contribution in [3.63, 3.8) is 0 Å². The van der Waals surface area contributed by atoms with E-state index in [4.69, 9.17) is 9.84 Å². The lowest BCUT2D eigenvalue weighted by atomic mass is 9.78. The summed E-state index contributed by atoms with van der Waals surface area (Å²) in [4.78, 5) is 36.0. The molecule has 9 nitrogen and oxygen atoms in total. The van der Waals surface area contributed by atoms with E-state index in [0.29, 0.717) is 24.5 Å². The Morgan fingerprint density at radius 3 is 2.24 bits per heavy atom. The molecule has 1 aliphatic rings. The van der Waals surface area contributed by atoms with Gasteiger partial charge in [-0.2, -0.15) is 13.2 Å². The minimum absolute atomic E-state index is 0.00415. The fourth-order valence-corrected chi connectivity index (χ4v) is 5.06. The second kappa shape index (κ2) is 11.2. The van der Waals surface area contributed by atoms with Crippen LogP contribution >= 0.6 is 0 Å². The predicted molar refractivity (Wildman–Crippen MR) is 138 cm³/mol. The van der Waals surface area contributed by atoms with E-state index in [1.165, 1.54) is 43.5 Å². The lowest BCUT2D eigenvalue weighted by Crippen LogP contribution is -2.51. The average molecular weight is 595 g/mol. The monoisotopic (exact) mass is 594 g/mol. The third kappa shape index (κ3) is 6.01. The number of methoxy groups -OCH3 is 1. The number of rotatable bonds is 8. The number of ether oxygens (including phenoxy) is 1. The zero-order valence-corrected chi connectivity index (χ0v) is 22.0. The van der Waals surface area contributed by atoms with E-state index < -0.39 is 55.8 Å². The van der Waals surface area contributed by atoms with Gasteiger partial charge in [0.1, 0.15) is 11.6 Å². The van der Waals surface area contributed by atoms with Gasteiger partial charge in [0.25, 0.3) is 15.7 Å². The van der Waals surface area contributed by atoms with Crippen molar-refractivity contribution in [2.24, 2.45) is 5.92 Å². The van der Waals surface area contributed by atoms with Crippen LogP contribution in [0.25, 0.3) is 11.1 Å². The second-order valence-electron chi connectivity index (χ2n) is 9.14. The maximum Gasteiger partial charge on any atom is 0.501 e. The standard InChI is InChI=1S/C27H22F4N2O7S/c1-40-23-13-21(28)19(14-5-7-15(8-6-14)26(36)37)12-20(23)25(35)33-22-10-9-18(22)24(34)32-16-3-2-4-17(11-16)41(38,39)27(29,30)31/h2-8,11-13,18,22H,9-10H2,1H3,(H,32,34)(H,33,35)(H,36,37)/t18-,22+/m0/s1. The minimum atomic E-state index is -5.62. The van der Waals surface area contributed by atoms with Gasteiger partial charge in [-0.1, -0.05) is 18.2 Å². The third-order valence-corrected chi connectivity index (χ3v) is 8.10. The van der Waals surface area contributed by atoms with Gasteiger partial charge in [-0.15, -0.1) is 0 Å². The molecule has 2 atom stereocenters. The van der Waals surface area contributed by atoms with Crippen LogP contribution in [0.15, 0.2) is 65.6 Å². The molecular formula is C27H22F4N2O7S. The van der Waals surface area contributed by atoms with Gasteiger partial charge >= 0.3 is 11.5 Å². The number of nitrogens with one attached hydrogen (secondary N) is 2. The van der Waals surface area contributed by atoms with Crippen molar-refractivity contribution < 1.29 is 50.2 Å². The summed E-state index contributed by atoms with van der Waals surface area (Å²) in [6, 6.07) is 10.6. The summed E-state index contributed by atoms with van der Waals surface area (Å²) in [5.41, 5.74) is -5.44. The minimum Gasteiger partial charge on any atom is -0.496 e. The quantitative estimate of drug-likeness (QED) is 0.323. The van der Waals surface area contributed by atoms with Crippen molar-refractivity contribution in [2.45, 2.75) is 29.3 Å². The zero-order valence-electron chi connectivity index (χ0n) is 21.2. The number of alkyl halides is 3. The van der Waals surface area contributed by atoms with Crippen LogP contribution < -0.4 is 15.4 Å². The summed E-state index contributed by atoms with van der Waals surface area (Å²) in [6.45, 7) is 0. The Morgan fingerprint density at radius 2 is 1.68 bits per heavy atom. The summed E-state index contributed by atoms with van der Waals surface area (Å²) >= 11 is 0. The summed E-state index contributed by atoms with van der Waals surface area (Å²) in [6.07, 6.45) is 0.721. The van der Waals surface area contributed by atoms with Crippen molar-refractivity contribution >= 4 is 33.3 Å². The van der Waals surface area contributed by atoms with Gasteiger partial charge in [0.2, 0.25) is 5.91 Å². The number of carboxylic acid groups (broad SMARTS) is 1. The van der Waals surface area contributed by atoms with Crippen molar-refractivity contribution in [3.8, 4) is 16.9 Å². The van der Waals surface area contributed by atoms with Crippen molar-refractivity contribution in [1.29, 1.82) is 0 Å². The maximum atomic E-state index is 14.8. The Morgan fingerprint density at radius 1 is 1.00 bits per heavy atom. The number of hydrogen-bond acceptors (Lipinski definition) is 6. The first-order chi connectivity index (χ1) is 19.2. The molecule has 1 aliphatic carbocycles. The topological polar surface area (TPSA) is 139 Å². The van der Waals surface area contributed by atoms with Crippen molar-refractivity contribution in [2.75, 3.05) is 12.4 Å². The van der Waals surface area contributed by atoms with Gasteiger partial charge in [0.15, 0.2) is 0 Å². The summed E-state index contributed by atoms with van der Waals surface area (Å²) < 4.78 is 82.0. The molecule has 0 spiro atoms. The molecule has 1 saturated carbocycles. The fourth-order valence-electron chi connectivity index (χ4n) is 4.26. The number of halogens is 4. The first-order valence-electron chi connectivity index (χ1n) is 12.0. The van der Waals surface area contributed by atoms with E-state index >= 15 is 0 Å². The number of carboxylic acids is 1. The van der Waals surface area contributed by atoms with E-state index in [0.717, 1.165) is 18.2 Å². The molecule has 0 bridgehead atoms. The molecule has 41 heavy (non-hydrogen) atoms. The Labute approximate surface area is 231 Å². The van der Waals surface area contributed by atoms with Gasteiger partial charge in [-0.3, -0.25) is 9.59 Å². The lowest BCUT2D eigenvalue weighted by molar-refractivity contribution is -0.123.